The number of para-hydroxylation sites is 1. The van der Waals surface area contributed by atoms with Crippen LogP contribution in [0.4, 0.5) is 17.6 Å². The Morgan fingerprint density at radius 2 is 1.88 bits per heavy atom. The lowest BCUT2D eigenvalue weighted by Crippen LogP contribution is -2.48. The minimum absolute atomic E-state index is 0.118. The van der Waals surface area contributed by atoms with Gasteiger partial charge in [0, 0.05) is 46.3 Å². The molecule has 10 heteroatoms. The maximum atomic E-state index is 14.6. The van der Waals surface area contributed by atoms with Crippen molar-refractivity contribution in [2.24, 2.45) is 0 Å². The summed E-state index contributed by atoms with van der Waals surface area (Å²) in [6, 6.07) is 10.1. The number of rotatable bonds is 7. The van der Waals surface area contributed by atoms with E-state index < -0.39 is 29.4 Å². The van der Waals surface area contributed by atoms with Gasteiger partial charge in [0.15, 0.2) is 5.60 Å². The Kier molecular flexibility index (Phi) is 5.65. The Hall–Kier alpha value is -3.40. The summed E-state index contributed by atoms with van der Waals surface area (Å²) in [5, 5.41) is 19.2. The molecular weight excluding hydrogens is 440 g/mol. The summed E-state index contributed by atoms with van der Waals surface area (Å²) in [6.45, 7) is 1.39. The lowest BCUT2D eigenvalue weighted by Gasteiger charge is -2.40. The summed E-state index contributed by atoms with van der Waals surface area (Å²) in [5.74, 6) is -0.444. The van der Waals surface area contributed by atoms with E-state index in [1.54, 1.807) is 18.2 Å². The molecule has 174 valence electrons. The highest BCUT2D eigenvalue weighted by Crippen LogP contribution is 2.51. The maximum Gasteiger partial charge on any atom is 0.421 e. The van der Waals surface area contributed by atoms with Gasteiger partial charge in [0.1, 0.15) is 11.6 Å². The van der Waals surface area contributed by atoms with Crippen LogP contribution in [-0.2, 0) is 17.6 Å². The first-order chi connectivity index (χ1) is 15.6. The highest BCUT2D eigenvalue weighted by atomic mass is 19.4. The molecule has 6 nitrogen and oxygen atoms in total. The van der Waals surface area contributed by atoms with Gasteiger partial charge in [-0.1, -0.05) is 30.3 Å². The molecular formula is C23H22F4N4O2. The van der Waals surface area contributed by atoms with Crippen LogP contribution in [0.3, 0.4) is 0 Å². The SMILES string of the molecule is COc1ccc(F)cc1C(C)(Cn1ccnn1)CC(O)(c1c[nH]c2ccccc12)C(F)(F)F. The molecule has 0 aliphatic rings. The second kappa shape index (κ2) is 8.18. The first-order valence-electron chi connectivity index (χ1n) is 10.1. The standard InChI is InChI=1S/C23H22F4N4O2/c1-21(14-31-10-9-29-30-31,17-11-15(24)7-8-20(17)33-2)13-22(32,23(25,26)27)18-12-28-19-6-4-3-5-16(18)19/h3-12,28,32H,13-14H2,1-2H3. The third kappa shape index (κ3) is 4.06. The number of hydrogen-bond acceptors (Lipinski definition) is 4. The zero-order valence-electron chi connectivity index (χ0n) is 17.9. The number of aliphatic hydroxyl groups is 1. The monoisotopic (exact) mass is 462 g/mol. The minimum atomic E-state index is -5.04. The van der Waals surface area contributed by atoms with Crippen LogP contribution in [0.5, 0.6) is 5.75 Å². The predicted octanol–water partition coefficient (Wildman–Crippen LogP) is 4.71. The summed E-state index contributed by atoms with van der Waals surface area (Å²) in [5.41, 5.74) is -4.42. The topological polar surface area (TPSA) is 76.0 Å². The van der Waals surface area contributed by atoms with Crippen molar-refractivity contribution >= 4 is 10.9 Å². The molecule has 2 heterocycles. The van der Waals surface area contributed by atoms with Crippen molar-refractivity contribution in [2.75, 3.05) is 7.11 Å². The molecule has 0 aliphatic heterocycles. The Morgan fingerprint density at radius 3 is 2.55 bits per heavy atom. The van der Waals surface area contributed by atoms with Gasteiger partial charge in [-0.2, -0.15) is 13.2 Å². The second-order valence-electron chi connectivity index (χ2n) is 8.29. The zero-order valence-corrected chi connectivity index (χ0v) is 17.9. The number of methoxy groups -OCH3 is 1. The fourth-order valence-electron chi connectivity index (χ4n) is 4.39. The Bertz CT molecular complexity index is 1260. The van der Waals surface area contributed by atoms with E-state index in [-0.39, 0.29) is 28.8 Å². The van der Waals surface area contributed by atoms with E-state index in [0.29, 0.717) is 5.52 Å². The van der Waals surface area contributed by atoms with Crippen molar-refractivity contribution in [3.05, 3.63) is 78.0 Å². The Labute approximate surface area is 186 Å². The molecule has 0 saturated heterocycles. The van der Waals surface area contributed by atoms with Crippen molar-refractivity contribution in [3.63, 3.8) is 0 Å². The first kappa shape index (κ1) is 22.8. The van der Waals surface area contributed by atoms with Crippen LogP contribution >= 0.6 is 0 Å². The number of halogens is 4. The highest BCUT2D eigenvalue weighted by molar-refractivity contribution is 5.84. The fraction of sp³-hybridized carbons (Fsp3) is 0.304. The van der Waals surface area contributed by atoms with Gasteiger partial charge in [-0.15, -0.1) is 5.10 Å². The quantitative estimate of drug-likeness (QED) is 0.390. The van der Waals surface area contributed by atoms with Gasteiger partial charge in [0.2, 0.25) is 0 Å². The van der Waals surface area contributed by atoms with Crippen molar-refractivity contribution in [3.8, 4) is 5.75 Å². The maximum absolute atomic E-state index is 14.6. The first-order valence-corrected chi connectivity index (χ1v) is 10.1. The number of fused-ring (bicyclic) bond motifs is 1. The number of ether oxygens (including phenoxy) is 1. The molecule has 0 saturated carbocycles. The predicted molar refractivity (Wildman–Crippen MR) is 113 cm³/mol. The van der Waals surface area contributed by atoms with E-state index in [4.69, 9.17) is 4.74 Å². The third-order valence-corrected chi connectivity index (χ3v) is 5.94. The molecule has 2 aromatic heterocycles. The Morgan fingerprint density at radius 1 is 1.12 bits per heavy atom. The molecule has 0 fully saturated rings. The van der Waals surface area contributed by atoms with Crippen molar-refractivity contribution in [1.82, 2.24) is 20.0 Å². The van der Waals surface area contributed by atoms with Gasteiger partial charge >= 0.3 is 6.18 Å². The molecule has 33 heavy (non-hydrogen) atoms. The molecule has 0 amide bonds. The molecule has 0 aliphatic carbocycles. The molecule has 4 rings (SSSR count). The highest BCUT2D eigenvalue weighted by Gasteiger charge is 2.59. The van der Waals surface area contributed by atoms with Gasteiger partial charge < -0.3 is 14.8 Å². The van der Waals surface area contributed by atoms with Gasteiger partial charge in [-0.3, -0.25) is 4.68 Å². The summed E-state index contributed by atoms with van der Waals surface area (Å²) in [6.07, 6.45) is -1.83. The van der Waals surface area contributed by atoms with Crippen LogP contribution in [0.1, 0.15) is 24.5 Å². The lowest BCUT2D eigenvalue weighted by molar-refractivity contribution is -0.274. The number of hydrogen-bond donors (Lipinski definition) is 2. The van der Waals surface area contributed by atoms with Crippen LogP contribution < -0.4 is 4.74 Å². The van der Waals surface area contributed by atoms with Gasteiger partial charge in [-0.05, 0) is 24.3 Å². The van der Waals surface area contributed by atoms with E-state index in [9.17, 15) is 22.7 Å². The summed E-state index contributed by atoms with van der Waals surface area (Å²) in [7, 11) is 1.35. The molecule has 0 radical (unpaired) electrons. The number of H-pyrrole nitrogens is 1. The zero-order chi connectivity index (χ0) is 23.9. The second-order valence-corrected chi connectivity index (χ2v) is 8.29. The van der Waals surface area contributed by atoms with Crippen LogP contribution in [0, 0.1) is 5.82 Å². The van der Waals surface area contributed by atoms with Crippen LogP contribution in [0.25, 0.3) is 10.9 Å². The van der Waals surface area contributed by atoms with Crippen molar-refractivity contribution in [2.45, 2.75) is 37.1 Å². The van der Waals surface area contributed by atoms with E-state index in [1.165, 1.54) is 43.2 Å². The Balaban J connectivity index is 1.92. The third-order valence-electron chi connectivity index (χ3n) is 5.94. The van der Waals surface area contributed by atoms with E-state index >= 15 is 0 Å². The molecule has 2 aromatic carbocycles. The minimum Gasteiger partial charge on any atom is -0.496 e. The number of aromatic nitrogens is 4. The van der Waals surface area contributed by atoms with Gasteiger partial charge in [0.25, 0.3) is 0 Å². The number of nitrogens with one attached hydrogen (secondary N) is 1. The summed E-state index contributed by atoms with van der Waals surface area (Å²) >= 11 is 0. The summed E-state index contributed by atoms with van der Waals surface area (Å²) < 4.78 is 64.7. The molecule has 2 unspecified atom stereocenters. The number of aromatic amines is 1. The molecule has 2 atom stereocenters. The lowest BCUT2D eigenvalue weighted by atomic mass is 9.70. The van der Waals surface area contributed by atoms with Gasteiger partial charge in [-0.25, -0.2) is 4.39 Å². The largest absolute Gasteiger partial charge is 0.496 e. The molecule has 0 spiro atoms. The summed E-state index contributed by atoms with van der Waals surface area (Å²) in [4.78, 5) is 2.80. The molecule has 2 N–H and O–H groups in total. The van der Waals surface area contributed by atoms with Crippen LogP contribution in [0.2, 0.25) is 0 Å². The average molecular weight is 462 g/mol. The van der Waals surface area contributed by atoms with E-state index in [1.807, 2.05) is 0 Å². The van der Waals surface area contributed by atoms with Crippen molar-refractivity contribution < 1.29 is 27.4 Å². The number of benzene rings is 2. The molecule has 4 aromatic rings. The average Bonchev–Trinajstić information content (AvgIpc) is 3.42. The van der Waals surface area contributed by atoms with Gasteiger partial charge in [0.05, 0.1) is 19.9 Å². The smallest absolute Gasteiger partial charge is 0.421 e. The van der Waals surface area contributed by atoms with Crippen molar-refractivity contribution in [1.29, 1.82) is 0 Å². The number of alkyl halides is 3. The van der Waals surface area contributed by atoms with Crippen LogP contribution in [0.15, 0.2) is 61.1 Å². The van der Waals surface area contributed by atoms with Crippen LogP contribution in [-0.4, -0.2) is 38.4 Å². The fourth-order valence-corrected chi connectivity index (χ4v) is 4.39. The van der Waals surface area contributed by atoms with E-state index in [2.05, 4.69) is 15.3 Å². The normalized spacial score (nSPS) is 15.8. The molecule has 0 bridgehead atoms. The van der Waals surface area contributed by atoms with E-state index in [0.717, 1.165) is 18.3 Å². The number of nitrogens with zero attached hydrogens (tertiary/aromatic N) is 3.